The summed E-state index contributed by atoms with van der Waals surface area (Å²) in [5, 5.41) is 5.52. The second-order valence-corrected chi connectivity index (χ2v) is 6.36. The lowest BCUT2D eigenvalue weighted by molar-refractivity contribution is -0.111. The number of carbonyl (C=O) groups is 2. The number of hydrogen-bond donors (Lipinski definition) is 2. The predicted octanol–water partition coefficient (Wildman–Crippen LogP) is 5.13. The Kier molecular flexibility index (Phi) is 6.95. The molecule has 3 aromatic rings. The van der Waals surface area contributed by atoms with E-state index in [1.165, 1.54) is 18.2 Å². The van der Waals surface area contributed by atoms with E-state index in [-0.39, 0.29) is 17.6 Å². The summed E-state index contributed by atoms with van der Waals surface area (Å²) < 4.78 is 18.3. The molecule has 2 amide bonds. The maximum Gasteiger partial charge on any atom is 0.255 e. The summed E-state index contributed by atoms with van der Waals surface area (Å²) in [7, 11) is 0. The minimum Gasteiger partial charge on any atom is -0.494 e. The van der Waals surface area contributed by atoms with Gasteiger partial charge in [0.05, 0.1) is 6.61 Å². The van der Waals surface area contributed by atoms with Crippen LogP contribution in [0.5, 0.6) is 5.75 Å². The van der Waals surface area contributed by atoms with Gasteiger partial charge in [0.2, 0.25) is 5.91 Å². The van der Waals surface area contributed by atoms with Crippen molar-refractivity contribution in [2.24, 2.45) is 0 Å². The number of halogens is 1. The molecule has 152 valence electrons. The molecule has 2 N–H and O–H groups in total. The first-order valence-electron chi connectivity index (χ1n) is 9.42. The van der Waals surface area contributed by atoms with Crippen LogP contribution in [0.25, 0.3) is 6.08 Å². The van der Waals surface area contributed by atoms with Crippen molar-refractivity contribution >= 4 is 29.3 Å². The zero-order valence-corrected chi connectivity index (χ0v) is 16.4. The highest BCUT2D eigenvalue weighted by atomic mass is 19.1. The standard InChI is InChI=1S/C24H21FN2O3/c1-2-30-22-14-12-21(13-15-22)27-24(29)18-6-10-20(11-7-18)26-23(28)16-5-17-3-8-19(25)9-4-17/h3-16H,2H2,1H3,(H,26,28)(H,27,29)/b16-5+. The summed E-state index contributed by atoms with van der Waals surface area (Å²) in [6, 6.07) is 19.5. The normalized spacial score (nSPS) is 10.6. The van der Waals surface area contributed by atoms with Crippen LogP contribution in [0.1, 0.15) is 22.8 Å². The van der Waals surface area contributed by atoms with Crippen molar-refractivity contribution in [1.29, 1.82) is 0 Å². The van der Waals surface area contributed by atoms with Gasteiger partial charge in [0.25, 0.3) is 5.91 Å². The third-order valence-electron chi connectivity index (χ3n) is 4.13. The lowest BCUT2D eigenvalue weighted by Crippen LogP contribution is -2.12. The van der Waals surface area contributed by atoms with E-state index in [0.717, 1.165) is 5.75 Å². The minimum absolute atomic E-state index is 0.256. The molecular weight excluding hydrogens is 383 g/mol. The van der Waals surface area contributed by atoms with E-state index >= 15 is 0 Å². The molecule has 0 spiro atoms. The van der Waals surface area contributed by atoms with Crippen molar-refractivity contribution in [3.8, 4) is 5.75 Å². The molecule has 6 heteroatoms. The molecule has 5 nitrogen and oxygen atoms in total. The molecule has 30 heavy (non-hydrogen) atoms. The van der Waals surface area contributed by atoms with Crippen LogP contribution in [-0.4, -0.2) is 18.4 Å². The summed E-state index contributed by atoms with van der Waals surface area (Å²) in [4.78, 5) is 24.4. The molecule has 0 saturated carbocycles. The van der Waals surface area contributed by atoms with Gasteiger partial charge in [0.1, 0.15) is 11.6 Å². The molecule has 0 radical (unpaired) electrons. The van der Waals surface area contributed by atoms with Crippen LogP contribution in [0.15, 0.2) is 78.9 Å². The molecule has 3 aromatic carbocycles. The molecule has 0 atom stereocenters. The van der Waals surface area contributed by atoms with Crippen molar-refractivity contribution in [2.45, 2.75) is 6.92 Å². The first-order chi connectivity index (χ1) is 14.5. The van der Waals surface area contributed by atoms with Crippen molar-refractivity contribution < 1.29 is 18.7 Å². The van der Waals surface area contributed by atoms with Crippen molar-refractivity contribution in [1.82, 2.24) is 0 Å². The maximum absolute atomic E-state index is 12.9. The van der Waals surface area contributed by atoms with E-state index in [1.54, 1.807) is 66.7 Å². The van der Waals surface area contributed by atoms with E-state index in [9.17, 15) is 14.0 Å². The zero-order chi connectivity index (χ0) is 21.3. The van der Waals surface area contributed by atoms with Crippen LogP contribution in [0, 0.1) is 5.82 Å². The Hall–Kier alpha value is -3.93. The summed E-state index contributed by atoms with van der Waals surface area (Å²) >= 11 is 0. The van der Waals surface area contributed by atoms with Gasteiger partial charge in [0.15, 0.2) is 0 Å². The van der Waals surface area contributed by atoms with Gasteiger partial charge in [0, 0.05) is 23.0 Å². The van der Waals surface area contributed by atoms with Crippen molar-refractivity contribution in [3.05, 3.63) is 95.8 Å². The van der Waals surface area contributed by atoms with Crippen LogP contribution in [-0.2, 0) is 4.79 Å². The van der Waals surface area contributed by atoms with Crippen LogP contribution in [0.2, 0.25) is 0 Å². The van der Waals surface area contributed by atoms with Gasteiger partial charge >= 0.3 is 0 Å². The Balaban J connectivity index is 1.55. The number of nitrogens with one attached hydrogen (secondary N) is 2. The van der Waals surface area contributed by atoms with Crippen molar-refractivity contribution in [2.75, 3.05) is 17.2 Å². The smallest absolute Gasteiger partial charge is 0.255 e. The number of hydrogen-bond acceptors (Lipinski definition) is 3. The summed E-state index contributed by atoms with van der Waals surface area (Å²) in [6.07, 6.45) is 2.95. The molecular formula is C24H21FN2O3. The fraction of sp³-hybridized carbons (Fsp3) is 0.0833. The van der Waals surface area contributed by atoms with Gasteiger partial charge in [-0.1, -0.05) is 12.1 Å². The Morgan fingerprint density at radius 2 is 1.47 bits per heavy atom. The average Bonchev–Trinajstić information content (AvgIpc) is 2.75. The molecule has 0 saturated heterocycles. The predicted molar refractivity (Wildman–Crippen MR) is 116 cm³/mol. The molecule has 0 aliphatic carbocycles. The van der Waals surface area contributed by atoms with E-state index < -0.39 is 0 Å². The molecule has 0 fully saturated rings. The highest BCUT2D eigenvalue weighted by Crippen LogP contribution is 2.17. The molecule has 0 heterocycles. The highest BCUT2D eigenvalue weighted by molar-refractivity contribution is 6.05. The fourth-order valence-corrected chi connectivity index (χ4v) is 2.64. The first kappa shape index (κ1) is 20.8. The number of anilines is 2. The van der Waals surface area contributed by atoms with Crippen LogP contribution >= 0.6 is 0 Å². The van der Waals surface area contributed by atoms with E-state index in [4.69, 9.17) is 4.74 Å². The maximum atomic E-state index is 12.9. The van der Waals surface area contributed by atoms with Crippen molar-refractivity contribution in [3.63, 3.8) is 0 Å². The van der Waals surface area contributed by atoms with E-state index in [1.807, 2.05) is 6.92 Å². The second kappa shape index (κ2) is 10.0. The SMILES string of the molecule is CCOc1ccc(NC(=O)c2ccc(NC(=O)/C=C/c3ccc(F)cc3)cc2)cc1. The number of rotatable bonds is 7. The Morgan fingerprint density at radius 1 is 0.867 bits per heavy atom. The quantitative estimate of drug-likeness (QED) is 0.537. The molecule has 3 rings (SSSR count). The average molecular weight is 404 g/mol. The number of ether oxygens (including phenoxy) is 1. The molecule has 0 aromatic heterocycles. The third kappa shape index (κ3) is 6.04. The molecule has 0 aliphatic heterocycles. The monoisotopic (exact) mass is 404 g/mol. The first-order valence-corrected chi connectivity index (χ1v) is 9.42. The highest BCUT2D eigenvalue weighted by Gasteiger charge is 2.07. The summed E-state index contributed by atoms with van der Waals surface area (Å²) in [5.41, 5.74) is 2.39. The van der Waals surface area contributed by atoms with Gasteiger partial charge < -0.3 is 15.4 Å². The summed E-state index contributed by atoms with van der Waals surface area (Å²) in [6.45, 7) is 2.49. The molecule has 0 bridgehead atoms. The third-order valence-corrected chi connectivity index (χ3v) is 4.13. The van der Waals surface area contributed by atoms with Crippen LogP contribution in [0.4, 0.5) is 15.8 Å². The van der Waals surface area contributed by atoms with Gasteiger partial charge in [-0.05, 0) is 79.2 Å². The van der Waals surface area contributed by atoms with E-state index in [0.29, 0.717) is 29.1 Å². The topological polar surface area (TPSA) is 67.4 Å². The molecule has 0 unspecified atom stereocenters. The minimum atomic E-state index is -0.330. The van der Waals surface area contributed by atoms with Gasteiger partial charge in [-0.25, -0.2) is 4.39 Å². The Morgan fingerprint density at radius 3 is 2.10 bits per heavy atom. The number of amides is 2. The largest absolute Gasteiger partial charge is 0.494 e. The lowest BCUT2D eigenvalue weighted by atomic mass is 10.2. The lowest BCUT2D eigenvalue weighted by Gasteiger charge is -2.08. The fourth-order valence-electron chi connectivity index (χ4n) is 2.64. The van der Waals surface area contributed by atoms with Gasteiger partial charge in [-0.2, -0.15) is 0 Å². The number of benzene rings is 3. The van der Waals surface area contributed by atoms with Gasteiger partial charge in [-0.3, -0.25) is 9.59 Å². The van der Waals surface area contributed by atoms with Gasteiger partial charge in [-0.15, -0.1) is 0 Å². The van der Waals surface area contributed by atoms with E-state index in [2.05, 4.69) is 10.6 Å². The van der Waals surface area contributed by atoms with Crippen LogP contribution in [0.3, 0.4) is 0 Å². The second-order valence-electron chi connectivity index (χ2n) is 6.36. The molecule has 0 aliphatic rings. The Labute approximate surface area is 174 Å². The zero-order valence-electron chi connectivity index (χ0n) is 16.4. The van der Waals surface area contributed by atoms with Crippen LogP contribution < -0.4 is 15.4 Å². The number of carbonyl (C=O) groups excluding carboxylic acids is 2. The summed E-state index contributed by atoms with van der Waals surface area (Å²) in [5.74, 6) is -0.175. The Bertz CT molecular complexity index is 1030.